The lowest BCUT2D eigenvalue weighted by molar-refractivity contribution is 0.0540. The van der Waals surface area contributed by atoms with Gasteiger partial charge < -0.3 is 4.74 Å². The zero-order valence-corrected chi connectivity index (χ0v) is 11.7. The SMILES string of the molecule is CCc1cc2cc(F)ccc2n1C(=O)OC(C)(C)C. The minimum Gasteiger partial charge on any atom is -0.443 e. The van der Waals surface area contributed by atoms with E-state index in [9.17, 15) is 9.18 Å². The van der Waals surface area contributed by atoms with Crippen LogP contribution in [0.4, 0.5) is 9.18 Å². The van der Waals surface area contributed by atoms with Crippen molar-refractivity contribution < 1.29 is 13.9 Å². The molecule has 0 saturated carbocycles. The Hall–Kier alpha value is -1.84. The highest BCUT2D eigenvalue weighted by atomic mass is 19.1. The number of fused-ring (bicyclic) bond motifs is 1. The van der Waals surface area contributed by atoms with Crippen LogP contribution >= 0.6 is 0 Å². The van der Waals surface area contributed by atoms with Gasteiger partial charge in [-0.3, -0.25) is 0 Å². The van der Waals surface area contributed by atoms with Gasteiger partial charge in [-0.05, 0) is 51.5 Å². The Morgan fingerprint density at radius 2 is 2.00 bits per heavy atom. The second-order valence-corrected chi connectivity index (χ2v) is 5.51. The summed E-state index contributed by atoms with van der Waals surface area (Å²) in [6.07, 6.45) is 0.251. The fraction of sp³-hybridized carbons (Fsp3) is 0.400. The van der Waals surface area contributed by atoms with Gasteiger partial charge in [-0.1, -0.05) is 6.92 Å². The van der Waals surface area contributed by atoms with Crippen LogP contribution in [-0.4, -0.2) is 16.3 Å². The third kappa shape index (κ3) is 2.78. The molecule has 1 aromatic carbocycles. The fourth-order valence-electron chi connectivity index (χ4n) is 2.03. The molecule has 2 rings (SSSR count). The van der Waals surface area contributed by atoms with Crippen LogP contribution in [0.1, 0.15) is 33.4 Å². The highest BCUT2D eigenvalue weighted by Gasteiger charge is 2.21. The van der Waals surface area contributed by atoms with Crippen LogP contribution in [0.5, 0.6) is 0 Å². The Morgan fingerprint density at radius 1 is 1.32 bits per heavy atom. The highest BCUT2D eigenvalue weighted by molar-refractivity contribution is 5.91. The zero-order chi connectivity index (χ0) is 14.2. The molecule has 0 N–H and O–H groups in total. The molecule has 19 heavy (non-hydrogen) atoms. The van der Waals surface area contributed by atoms with Gasteiger partial charge in [0.2, 0.25) is 0 Å². The summed E-state index contributed by atoms with van der Waals surface area (Å²) in [6, 6.07) is 6.20. The maximum absolute atomic E-state index is 13.2. The van der Waals surface area contributed by atoms with Crippen molar-refractivity contribution in [1.82, 2.24) is 4.57 Å². The Bertz CT molecular complexity index is 623. The van der Waals surface area contributed by atoms with Crippen LogP contribution in [-0.2, 0) is 11.2 Å². The van der Waals surface area contributed by atoms with Gasteiger partial charge in [-0.15, -0.1) is 0 Å². The van der Waals surface area contributed by atoms with Crippen molar-refractivity contribution in [1.29, 1.82) is 0 Å². The summed E-state index contributed by atoms with van der Waals surface area (Å²) in [7, 11) is 0. The molecule has 0 unspecified atom stereocenters. The topological polar surface area (TPSA) is 31.2 Å². The molecule has 0 saturated heterocycles. The van der Waals surface area contributed by atoms with E-state index in [2.05, 4.69) is 0 Å². The number of aromatic nitrogens is 1. The standard InChI is InChI=1S/C15H18FNO2/c1-5-12-9-10-8-11(16)6-7-13(10)17(12)14(18)19-15(2,3)4/h6-9H,5H2,1-4H3. The monoisotopic (exact) mass is 263 g/mol. The first kappa shape index (κ1) is 13.6. The lowest BCUT2D eigenvalue weighted by atomic mass is 10.2. The van der Waals surface area contributed by atoms with Gasteiger partial charge in [0.1, 0.15) is 11.4 Å². The number of rotatable bonds is 1. The Morgan fingerprint density at radius 3 is 2.58 bits per heavy atom. The number of benzene rings is 1. The van der Waals surface area contributed by atoms with Crippen molar-refractivity contribution in [2.75, 3.05) is 0 Å². The lowest BCUT2D eigenvalue weighted by Crippen LogP contribution is -2.27. The maximum Gasteiger partial charge on any atom is 0.419 e. The van der Waals surface area contributed by atoms with Crippen LogP contribution in [0.2, 0.25) is 0 Å². The van der Waals surface area contributed by atoms with Gasteiger partial charge >= 0.3 is 6.09 Å². The van der Waals surface area contributed by atoms with E-state index in [0.717, 1.165) is 5.69 Å². The maximum atomic E-state index is 13.2. The van der Waals surface area contributed by atoms with Crippen molar-refractivity contribution >= 4 is 17.0 Å². The van der Waals surface area contributed by atoms with E-state index in [1.807, 2.05) is 33.8 Å². The Balaban J connectivity index is 2.54. The Kier molecular flexibility index (Phi) is 3.35. The minimum atomic E-state index is -0.557. The number of halogens is 1. The molecular formula is C15H18FNO2. The van der Waals surface area contributed by atoms with E-state index in [4.69, 9.17) is 4.74 Å². The molecule has 2 aromatic rings. The smallest absolute Gasteiger partial charge is 0.419 e. The lowest BCUT2D eigenvalue weighted by Gasteiger charge is -2.20. The summed E-state index contributed by atoms with van der Waals surface area (Å²) >= 11 is 0. The van der Waals surface area contributed by atoms with Gasteiger partial charge in [0, 0.05) is 11.1 Å². The van der Waals surface area contributed by atoms with Gasteiger partial charge in [0.15, 0.2) is 0 Å². The molecule has 1 heterocycles. The first-order valence-electron chi connectivity index (χ1n) is 6.35. The molecule has 4 heteroatoms. The van der Waals surface area contributed by atoms with Gasteiger partial charge in [0.05, 0.1) is 5.52 Å². The summed E-state index contributed by atoms with van der Waals surface area (Å²) in [5.74, 6) is -0.309. The molecule has 0 radical (unpaired) electrons. The van der Waals surface area contributed by atoms with Gasteiger partial charge in [-0.2, -0.15) is 0 Å². The predicted molar refractivity (Wildman–Crippen MR) is 72.9 cm³/mol. The van der Waals surface area contributed by atoms with Crippen LogP contribution in [0.3, 0.4) is 0 Å². The zero-order valence-electron chi connectivity index (χ0n) is 11.7. The molecule has 0 spiro atoms. The number of hydrogen-bond acceptors (Lipinski definition) is 2. The van der Waals surface area contributed by atoms with Crippen molar-refractivity contribution in [3.8, 4) is 0 Å². The van der Waals surface area contributed by atoms with Crippen molar-refractivity contribution in [3.05, 3.63) is 35.8 Å². The predicted octanol–water partition coefficient (Wildman–Crippen LogP) is 4.13. The third-order valence-electron chi connectivity index (χ3n) is 2.78. The van der Waals surface area contributed by atoms with E-state index in [0.29, 0.717) is 17.3 Å². The van der Waals surface area contributed by atoms with Crippen LogP contribution in [0.15, 0.2) is 24.3 Å². The summed E-state index contributed by atoms with van der Waals surface area (Å²) in [5.41, 5.74) is 0.931. The van der Waals surface area contributed by atoms with E-state index < -0.39 is 11.7 Å². The molecule has 0 atom stereocenters. The molecule has 102 valence electrons. The van der Waals surface area contributed by atoms with Crippen molar-refractivity contribution in [3.63, 3.8) is 0 Å². The number of ether oxygens (including phenoxy) is 1. The van der Waals surface area contributed by atoms with E-state index >= 15 is 0 Å². The van der Waals surface area contributed by atoms with E-state index in [1.165, 1.54) is 16.7 Å². The van der Waals surface area contributed by atoms with Crippen molar-refractivity contribution in [2.45, 2.75) is 39.7 Å². The number of carbonyl (C=O) groups excluding carboxylic acids is 1. The fourth-order valence-corrected chi connectivity index (χ4v) is 2.03. The quantitative estimate of drug-likeness (QED) is 0.774. The van der Waals surface area contributed by atoms with Crippen LogP contribution in [0, 0.1) is 5.82 Å². The molecule has 1 aromatic heterocycles. The number of nitrogens with zero attached hydrogens (tertiary/aromatic N) is 1. The van der Waals surface area contributed by atoms with Crippen LogP contribution in [0.25, 0.3) is 10.9 Å². The average Bonchev–Trinajstić information content (AvgIpc) is 2.63. The Labute approximate surface area is 112 Å². The van der Waals surface area contributed by atoms with E-state index in [-0.39, 0.29) is 5.82 Å². The third-order valence-corrected chi connectivity index (χ3v) is 2.78. The average molecular weight is 263 g/mol. The molecule has 0 aliphatic carbocycles. The minimum absolute atomic E-state index is 0.309. The first-order chi connectivity index (χ1) is 8.81. The summed E-state index contributed by atoms with van der Waals surface area (Å²) < 4.78 is 20.1. The molecule has 0 fully saturated rings. The second kappa shape index (κ2) is 4.68. The second-order valence-electron chi connectivity index (χ2n) is 5.51. The van der Waals surface area contributed by atoms with Gasteiger partial charge in [-0.25, -0.2) is 13.8 Å². The number of carbonyl (C=O) groups is 1. The molecule has 3 nitrogen and oxygen atoms in total. The molecule has 0 aliphatic heterocycles. The van der Waals surface area contributed by atoms with Gasteiger partial charge in [0.25, 0.3) is 0 Å². The molecular weight excluding hydrogens is 245 g/mol. The normalized spacial score (nSPS) is 11.8. The first-order valence-corrected chi connectivity index (χ1v) is 6.35. The summed E-state index contributed by atoms with van der Waals surface area (Å²) in [5, 5.41) is 0.711. The molecule has 0 amide bonds. The van der Waals surface area contributed by atoms with Crippen LogP contribution < -0.4 is 0 Å². The van der Waals surface area contributed by atoms with E-state index in [1.54, 1.807) is 6.07 Å². The molecule has 0 aliphatic rings. The summed E-state index contributed by atoms with van der Waals surface area (Å²) in [6.45, 7) is 7.41. The number of aryl methyl sites for hydroxylation is 1. The molecule has 0 bridgehead atoms. The summed E-state index contributed by atoms with van der Waals surface area (Å²) in [4.78, 5) is 12.2. The largest absolute Gasteiger partial charge is 0.443 e. The highest BCUT2D eigenvalue weighted by Crippen LogP contribution is 2.23. The van der Waals surface area contributed by atoms with Crippen molar-refractivity contribution in [2.24, 2.45) is 0 Å². The number of hydrogen-bond donors (Lipinski definition) is 0.